The topological polar surface area (TPSA) is 61.9 Å². The Morgan fingerprint density at radius 1 is 0.962 bits per heavy atom. The van der Waals surface area contributed by atoms with Crippen LogP contribution in [0, 0.1) is 0 Å². The Kier molecular flexibility index (Phi) is 5.63. The Bertz CT molecular complexity index is 770. The van der Waals surface area contributed by atoms with Gasteiger partial charge in [0.25, 0.3) is 0 Å². The first kappa shape index (κ1) is 18.1. The van der Waals surface area contributed by atoms with Gasteiger partial charge in [-0.15, -0.1) is 0 Å². The highest BCUT2D eigenvalue weighted by Crippen LogP contribution is 2.19. The van der Waals surface area contributed by atoms with Crippen molar-refractivity contribution in [1.29, 1.82) is 0 Å². The molecular formula is C19H20ClN3O3. The maximum atomic E-state index is 12.4. The molecule has 0 aliphatic carbocycles. The lowest BCUT2D eigenvalue weighted by molar-refractivity contribution is 0.0600. The summed E-state index contributed by atoms with van der Waals surface area (Å²) in [7, 11) is 1.37. The van der Waals surface area contributed by atoms with Crippen molar-refractivity contribution in [3.8, 4) is 0 Å². The highest BCUT2D eigenvalue weighted by atomic mass is 35.5. The molecule has 0 saturated carbocycles. The maximum absolute atomic E-state index is 12.4. The predicted molar refractivity (Wildman–Crippen MR) is 102 cm³/mol. The largest absolute Gasteiger partial charge is 0.465 e. The van der Waals surface area contributed by atoms with Gasteiger partial charge in [-0.3, -0.25) is 0 Å². The second kappa shape index (κ2) is 8.10. The van der Waals surface area contributed by atoms with Gasteiger partial charge in [0.2, 0.25) is 0 Å². The van der Waals surface area contributed by atoms with Gasteiger partial charge in [0.05, 0.1) is 12.7 Å². The number of piperazine rings is 1. The number of nitrogens with zero attached hydrogens (tertiary/aromatic N) is 2. The summed E-state index contributed by atoms with van der Waals surface area (Å²) in [5, 5.41) is 3.51. The van der Waals surface area contributed by atoms with Crippen molar-refractivity contribution < 1.29 is 14.3 Å². The third kappa shape index (κ3) is 4.26. The van der Waals surface area contributed by atoms with Crippen LogP contribution in [0.4, 0.5) is 16.2 Å². The smallest absolute Gasteiger partial charge is 0.337 e. The molecule has 1 saturated heterocycles. The number of urea groups is 1. The summed E-state index contributed by atoms with van der Waals surface area (Å²) < 4.78 is 4.71. The number of carbonyl (C=O) groups excluding carboxylic acids is 2. The average Bonchev–Trinajstić information content (AvgIpc) is 2.69. The molecule has 6 nitrogen and oxygen atoms in total. The lowest BCUT2D eigenvalue weighted by atomic mass is 10.2. The van der Waals surface area contributed by atoms with Crippen LogP contribution in [-0.2, 0) is 4.74 Å². The molecule has 1 fully saturated rings. The lowest BCUT2D eigenvalue weighted by Crippen LogP contribution is -2.50. The van der Waals surface area contributed by atoms with Crippen LogP contribution in [-0.4, -0.2) is 50.2 Å². The molecule has 2 aromatic carbocycles. The number of hydrogen-bond donors (Lipinski definition) is 1. The minimum absolute atomic E-state index is 0.118. The van der Waals surface area contributed by atoms with Crippen molar-refractivity contribution >= 4 is 35.0 Å². The van der Waals surface area contributed by atoms with Crippen molar-refractivity contribution in [2.24, 2.45) is 0 Å². The summed E-state index contributed by atoms with van der Waals surface area (Å²) >= 11 is 5.85. The van der Waals surface area contributed by atoms with E-state index in [1.807, 2.05) is 12.1 Å². The van der Waals surface area contributed by atoms with Crippen LogP contribution in [0.3, 0.4) is 0 Å². The Morgan fingerprint density at radius 2 is 1.58 bits per heavy atom. The lowest BCUT2D eigenvalue weighted by Gasteiger charge is -2.36. The molecule has 2 aromatic rings. The van der Waals surface area contributed by atoms with Crippen LogP contribution in [0.2, 0.25) is 5.02 Å². The van der Waals surface area contributed by atoms with Gasteiger partial charge in [-0.25, -0.2) is 9.59 Å². The number of esters is 1. The monoisotopic (exact) mass is 373 g/mol. The fraction of sp³-hybridized carbons (Fsp3) is 0.263. The molecular weight excluding hydrogens is 354 g/mol. The third-order valence-electron chi connectivity index (χ3n) is 4.32. The number of ether oxygens (including phenoxy) is 1. The van der Waals surface area contributed by atoms with E-state index in [1.54, 1.807) is 41.3 Å². The predicted octanol–water partition coefficient (Wildman–Crippen LogP) is 3.48. The van der Waals surface area contributed by atoms with Crippen LogP contribution < -0.4 is 10.2 Å². The SMILES string of the molecule is COC(=O)c1ccc(N2CCN(C(=O)Nc3ccc(Cl)cc3)CC2)cc1. The van der Waals surface area contributed by atoms with Gasteiger partial charge in [-0.05, 0) is 48.5 Å². The number of hydrogen-bond acceptors (Lipinski definition) is 4. The number of benzene rings is 2. The minimum atomic E-state index is -0.347. The molecule has 0 unspecified atom stereocenters. The van der Waals surface area contributed by atoms with Crippen LogP contribution in [0.5, 0.6) is 0 Å². The molecule has 0 radical (unpaired) electrons. The Morgan fingerprint density at radius 3 is 2.15 bits per heavy atom. The van der Waals surface area contributed by atoms with Crippen molar-refractivity contribution in [1.82, 2.24) is 4.90 Å². The number of carbonyl (C=O) groups is 2. The van der Waals surface area contributed by atoms with Crippen molar-refractivity contribution in [3.05, 3.63) is 59.1 Å². The minimum Gasteiger partial charge on any atom is -0.465 e. The van der Waals surface area contributed by atoms with Gasteiger partial charge in [0.1, 0.15) is 0 Å². The number of methoxy groups -OCH3 is 1. The van der Waals surface area contributed by atoms with E-state index >= 15 is 0 Å². The van der Waals surface area contributed by atoms with Gasteiger partial charge in [0.15, 0.2) is 0 Å². The zero-order valence-electron chi connectivity index (χ0n) is 14.4. The maximum Gasteiger partial charge on any atom is 0.337 e. The first-order valence-electron chi connectivity index (χ1n) is 8.31. The molecule has 1 aliphatic heterocycles. The normalized spacial score (nSPS) is 14.1. The summed E-state index contributed by atoms with van der Waals surface area (Å²) in [6.45, 7) is 2.70. The summed E-state index contributed by atoms with van der Waals surface area (Å²) in [5.74, 6) is -0.347. The molecule has 1 heterocycles. The van der Waals surface area contributed by atoms with Crippen LogP contribution in [0.15, 0.2) is 48.5 Å². The summed E-state index contributed by atoms with van der Waals surface area (Å²) in [6, 6.07) is 14.2. The molecule has 7 heteroatoms. The van der Waals surface area contributed by atoms with Gasteiger partial charge in [0, 0.05) is 42.6 Å². The first-order valence-corrected chi connectivity index (χ1v) is 8.69. The van der Waals surface area contributed by atoms with E-state index in [0.717, 1.165) is 24.5 Å². The number of nitrogens with one attached hydrogen (secondary N) is 1. The summed E-state index contributed by atoms with van der Waals surface area (Å²) in [5.41, 5.74) is 2.27. The zero-order valence-corrected chi connectivity index (χ0v) is 15.2. The van der Waals surface area contributed by atoms with E-state index in [4.69, 9.17) is 16.3 Å². The molecule has 136 valence electrons. The highest BCUT2D eigenvalue weighted by Gasteiger charge is 2.21. The van der Waals surface area contributed by atoms with Crippen molar-refractivity contribution in [2.45, 2.75) is 0 Å². The Balaban J connectivity index is 1.54. The standard InChI is InChI=1S/C19H20ClN3O3/c1-26-18(24)14-2-8-17(9-3-14)22-10-12-23(13-11-22)19(25)21-16-6-4-15(20)5-7-16/h2-9H,10-13H2,1H3,(H,21,25). The Labute approximate surface area is 157 Å². The van der Waals surface area contributed by atoms with E-state index in [1.165, 1.54) is 7.11 Å². The van der Waals surface area contributed by atoms with E-state index in [0.29, 0.717) is 23.7 Å². The molecule has 0 bridgehead atoms. The van der Waals surface area contributed by atoms with Crippen molar-refractivity contribution in [3.63, 3.8) is 0 Å². The van der Waals surface area contributed by atoms with Crippen LogP contribution >= 0.6 is 11.6 Å². The van der Waals surface area contributed by atoms with E-state index in [-0.39, 0.29) is 12.0 Å². The fourth-order valence-corrected chi connectivity index (χ4v) is 2.96. The zero-order chi connectivity index (χ0) is 18.5. The molecule has 0 atom stereocenters. The van der Waals surface area contributed by atoms with Gasteiger partial charge >= 0.3 is 12.0 Å². The van der Waals surface area contributed by atoms with Crippen molar-refractivity contribution in [2.75, 3.05) is 43.5 Å². The highest BCUT2D eigenvalue weighted by molar-refractivity contribution is 6.30. The van der Waals surface area contributed by atoms with E-state index in [2.05, 4.69) is 10.2 Å². The summed E-state index contributed by atoms with van der Waals surface area (Å²) in [4.78, 5) is 27.8. The molecule has 0 aromatic heterocycles. The molecule has 26 heavy (non-hydrogen) atoms. The molecule has 2 amide bonds. The second-order valence-electron chi connectivity index (χ2n) is 5.95. The van der Waals surface area contributed by atoms with E-state index < -0.39 is 0 Å². The third-order valence-corrected chi connectivity index (χ3v) is 4.57. The molecule has 0 spiro atoms. The quantitative estimate of drug-likeness (QED) is 0.837. The van der Waals surface area contributed by atoms with Crippen LogP contribution in [0.1, 0.15) is 10.4 Å². The fourth-order valence-electron chi connectivity index (χ4n) is 2.83. The average molecular weight is 374 g/mol. The van der Waals surface area contributed by atoms with Crippen LogP contribution in [0.25, 0.3) is 0 Å². The van der Waals surface area contributed by atoms with Gasteiger partial charge in [-0.1, -0.05) is 11.6 Å². The number of amides is 2. The molecule has 3 rings (SSSR count). The second-order valence-corrected chi connectivity index (χ2v) is 6.39. The molecule has 1 N–H and O–H groups in total. The first-order chi connectivity index (χ1) is 12.6. The van der Waals surface area contributed by atoms with E-state index in [9.17, 15) is 9.59 Å². The van der Waals surface area contributed by atoms with Gasteiger partial charge < -0.3 is 19.9 Å². The number of rotatable bonds is 3. The van der Waals surface area contributed by atoms with Gasteiger partial charge in [-0.2, -0.15) is 0 Å². The Hall–Kier alpha value is -2.73. The number of anilines is 2. The number of halogens is 1. The summed E-state index contributed by atoms with van der Waals surface area (Å²) in [6.07, 6.45) is 0. The molecule has 1 aliphatic rings.